The summed E-state index contributed by atoms with van der Waals surface area (Å²) in [5.41, 5.74) is 6.41. The van der Waals surface area contributed by atoms with Crippen molar-refractivity contribution >= 4 is 45.4 Å². The van der Waals surface area contributed by atoms with Crippen LogP contribution in [-0.2, 0) is 0 Å². The number of fused-ring (bicyclic) bond motifs is 2. The van der Waals surface area contributed by atoms with Crippen molar-refractivity contribution in [2.75, 3.05) is 0 Å². The number of oxazole rings is 2. The number of rotatable bonds is 3. The number of para-hydroxylation sites is 2. The maximum Gasteiger partial charge on any atom is 0.227 e. The number of nitrogens with zero attached hydrogens (tertiary/aromatic N) is 2. The molecule has 0 N–H and O–H groups in total. The van der Waals surface area contributed by atoms with E-state index in [0.29, 0.717) is 33.0 Å². The van der Waals surface area contributed by atoms with Gasteiger partial charge in [-0.25, -0.2) is 9.97 Å². The molecule has 0 saturated carbocycles. The predicted octanol–water partition coefficient (Wildman–Crippen LogP) is 8.28. The molecule has 2 aromatic heterocycles. The summed E-state index contributed by atoms with van der Waals surface area (Å²) in [6.45, 7) is 0. The average molecular weight is 457 g/mol. The predicted molar refractivity (Wildman–Crippen MR) is 128 cm³/mol. The van der Waals surface area contributed by atoms with Crippen LogP contribution in [0.3, 0.4) is 0 Å². The molecular formula is C26H14Cl2N2O2. The van der Waals surface area contributed by atoms with Gasteiger partial charge in [-0.3, -0.25) is 0 Å². The van der Waals surface area contributed by atoms with E-state index in [1.54, 1.807) is 0 Å². The lowest BCUT2D eigenvalue weighted by molar-refractivity contribution is 0.616. The van der Waals surface area contributed by atoms with E-state index in [1.807, 2.05) is 84.9 Å². The fraction of sp³-hybridized carbons (Fsp3) is 0. The van der Waals surface area contributed by atoms with Crippen LogP contribution in [0.15, 0.2) is 93.8 Å². The van der Waals surface area contributed by atoms with Gasteiger partial charge in [0.05, 0.1) is 0 Å². The highest BCUT2D eigenvalue weighted by atomic mass is 35.5. The van der Waals surface area contributed by atoms with E-state index < -0.39 is 0 Å². The number of halogens is 2. The molecule has 6 rings (SSSR count). The summed E-state index contributed by atoms with van der Waals surface area (Å²) in [5, 5.41) is 1.33. The lowest BCUT2D eigenvalue weighted by Crippen LogP contribution is -1.80. The summed E-state index contributed by atoms with van der Waals surface area (Å²) in [4.78, 5) is 9.34. The highest BCUT2D eigenvalue weighted by Gasteiger charge is 2.18. The Morgan fingerprint density at radius 1 is 0.500 bits per heavy atom. The zero-order valence-electron chi connectivity index (χ0n) is 16.5. The van der Waals surface area contributed by atoms with Crippen LogP contribution in [-0.4, -0.2) is 9.97 Å². The van der Waals surface area contributed by atoms with Gasteiger partial charge in [0.1, 0.15) is 11.0 Å². The number of aromatic nitrogens is 2. The lowest BCUT2D eigenvalue weighted by Gasteiger charge is -2.02. The molecule has 32 heavy (non-hydrogen) atoms. The van der Waals surface area contributed by atoms with E-state index in [2.05, 4.69) is 9.97 Å². The van der Waals surface area contributed by atoms with Crippen LogP contribution in [0.4, 0.5) is 0 Å². The van der Waals surface area contributed by atoms with Gasteiger partial charge in [0, 0.05) is 32.3 Å². The molecule has 6 aromatic rings. The SMILES string of the molecule is Clc1ccc(-c2nc3cccc(-c4cccc5nc(-c6ccc(Cl)cc6)oc45)c3o2)cc1. The van der Waals surface area contributed by atoms with Gasteiger partial charge < -0.3 is 8.83 Å². The fourth-order valence-corrected chi connectivity index (χ4v) is 4.01. The molecule has 0 unspecified atom stereocenters. The van der Waals surface area contributed by atoms with E-state index in [1.165, 1.54) is 0 Å². The average Bonchev–Trinajstić information content (AvgIpc) is 3.44. The van der Waals surface area contributed by atoms with Gasteiger partial charge in [0.2, 0.25) is 11.8 Å². The maximum atomic E-state index is 6.20. The minimum absolute atomic E-state index is 0.538. The third-order valence-corrected chi connectivity index (χ3v) is 5.81. The van der Waals surface area contributed by atoms with Gasteiger partial charge in [-0.05, 0) is 60.7 Å². The molecule has 0 bridgehead atoms. The topological polar surface area (TPSA) is 52.1 Å². The number of benzene rings is 4. The van der Waals surface area contributed by atoms with E-state index in [4.69, 9.17) is 32.0 Å². The second-order valence-corrected chi connectivity index (χ2v) is 8.23. The largest absolute Gasteiger partial charge is 0.435 e. The first kappa shape index (κ1) is 19.1. The Morgan fingerprint density at radius 3 is 1.31 bits per heavy atom. The molecule has 0 aliphatic carbocycles. The maximum absolute atomic E-state index is 6.20. The Kier molecular flexibility index (Phi) is 4.49. The van der Waals surface area contributed by atoms with Crippen molar-refractivity contribution in [2.24, 2.45) is 0 Å². The van der Waals surface area contributed by atoms with Crippen molar-refractivity contribution in [3.8, 4) is 34.0 Å². The Morgan fingerprint density at radius 2 is 0.906 bits per heavy atom. The second kappa shape index (κ2) is 7.52. The molecule has 0 aliphatic heterocycles. The van der Waals surface area contributed by atoms with Crippen LogP contribution in [0.5, 0.6) is 0 Å². The molecule has 2 heterocycles. The third kappa shape index (κ3) is 3.25. The summed E-state index contributed by atoms with van der Waals surface area (Å²) in [6.07, 6.45) is 0. The quantitative estimate of drug-likeness (QED) is 0.268. The monoisotopic (exact) mass is 456 g/mol. The zero-order valence-corrected chi connectivity index (χ0v) is 18.1. The summed E-state index contributed by atoms with van der Waals surface area (Å²) >= 11 is 12.0. The second-order valence-electron chi connectivity index (χ2n) is 7.36. The van der Waals surface area contributed by atoms with Gasteiger partial charge in [-0.2, -0.15) is 0 Å². The van der Waals surface area contributed by atoms with Crippen molar-refractivity contribution in [3.05, 3.63) is 95.0 Å². The fourth-order valence-electron chi connectivity index (χ4n) is 3.75. The van der Waals surface area contributed by atoms with Gasteiger partial charge in [0.25, 0.3) is 0 Å². The molecule has 0 fully saturated rings. The summed E-state index contributed by atoms with van der Waals surface area (Å²) in [7, 11) is 0. The van der Waals surface area contributed by atoms with Crippen molar-refractivity contribution < 1.29 is 8.83 Å². The Balaban J connectivity index is 1.51. The van der Waals surface area contributed by atoms with Crippen molar-refractivity contribution in [3.63, 3.8) is 0 Å². The molecule has 154 valence electrons. The molecule has 0 spiro atoms. The van der Waals surface area contributed by atoms with E-state index in [-0.39, 0.29) is 0 Å². The van der Waals surface area contributed by atoms with Crippen molar-refractivity contribution in [1.82, 2.24) is 9.97 Å². The summed E-state index contributed by atoms with van der Waals surface area (Å²) < 4.78 is 12.4. The minimum Gasteiger partial charge on any atom is -0.435 e. The zero-order chi connectivity index (χ0) is 21.7. The van der Waals surface area contributed by atoms with Gasteiger partial charge in [-0.1, -0.05) is 47.5 Å². The molecule has 4 aromatic carbocycles. The number of hydrogen-bond donors (Lipinski definition) is 0. The Bertz CT molecular complexity index is 1460. The third-order valence-electron chi connectivity index (χ3n) is 5.30. The molecule has 0 amide bonds. The highest BCUT2D eigenvalue weighted by molar-refractivity contribution is 6.30. The van der Waals surface area contributed by atoms with Crippen LogP contribution in [0.2, 0.25) is 10.0 Å². The van der Waals surface area contributed by atoms with Crippen molar-refractivity contribution in [2.45, 2.75) is 0 Å². The van der Waals surface area contributed by atoms with Crippen LogP contribution in [0, 0.1) is 0 Å². The molecule has 4 nitrogen and oxygen atoms in total. The normalized spacial score (nSPS) is 11.4. The lowest BCUT2D eigenvalue weighted by atomic mass is 10.0. The summed E-state index contributed by atoms with van der Waals surface area (Å²) in [6, 6.07) is 26.6. The summed E-state index contributed by atoms with van der Waals surface area (Å²) in [5.74, 6) is 1.08. The standard InChI is InChI=1S/C26H14Cl2N2O2/c27-17-11-7-15(8-12-17)25-29-21-5-1-3-19(23(21)31-25)20-4-2-6-22-24(20)32-26(30-22)16-9-13-18(28)14-10-16/h1-14H. The van der Waals surface area contributed by atoms with Crippen LogP contribution in [0.1, 0.15) is 0 Å². The van der Waals surface area contributed by atoms with E-state index in [9.17, 15) is 0 Å². The van der Waals surface area contributed by atoms with Gasteiger partial charge in [-0.15, -0.1) is 0 Å². The molecule has 0 radical (unpaired) electrons. The van der Waals surface area contributed by atoms with E-state index in [0.717, 1.165) is 33.3 Å². The molecule has 0 saturated heterocycles. The Labute approximate surface area is 193 Å². The van der Waals surface area contributed by atoms with Crippen molar-refractivity contribution in [1.29, 1.82) is 0 Å². The molecule has 0 aliphatic rings. The number of hydrogen-bond acceptors (Lipinski definition) is 4. The van der Waals surface area contributed by atoms with E-state index >= 15 is 0 Å². The van der Waals surface area contributed by atoms with Crippen LogP contribution >= 0.6 is 23.2 Å². The first-order valence-corrected chi connectivity index (χ1v) is 10.7. The van der Waals surface area contributed by atoms with Crippen LogP contribution in [0.25, 0.3) is 56.2 Å². The van der Waals surface area contributed by atoms with Crippen LogP contribution < -0.4 is 0 Å². The molecule has 0 atom stereocenters. The Hall–Kier alpha value is -3.60. The smallest absolute Gasteiger partial charge is 0.227 e. The van der Waals surface area contributed by atoms with Gasteiger partial charge in [0.15, 0.2) is 11.2 Å². The molecule has 6 heteroatoms. The molecular weight excluding hydrogens is 443 g/mol. The van der Waals surface area contributed by atoms with Gasteiger partial charge >= 0.3 is 0 Å². The highest BCUT2D eigenvalue weighted by Crippen LogP contribution is 2.37. The minimum atomic E-state index is 0.538. The first-order valence-electron chi connectivity index (χ1n) is 9.97. The first-order chi connectivity index (χ1) is 15.7.